The minimum absolute atomic E-state index is 0.0830. The quantitative estimate of drug-likeness (QED) is 0.173. The van der Waals surface area contributed by atoms with E-state index in [0.29, 0.717) is 16.7 Å². The average molecular weight is 647 g/mol. The van der Waals surface area contributed by atoms with Crippen LogP contribution in [0.1, 0.15) is 12.3 Å². The first-order valence-corrected chi connectivity index (χ1v) is 16.4. The minimum atomic E-state index is -0.598. The average Bonchev–Trinajstić information content (AvgIpc) is 3.66. The second-order valence-corrected chi connectivity index (χ2v) is 12.2. The molecule has 9 aromatic carbocycles. The molecule has 0 saturated carbocycles. The van der Waals surface area contributed by atoms with Crippen LogP contribution >= 0.6 is 0 Å². The lowest BCUT2D eigenvalue weighted by Gasteiger charge is -2.26. The summed E-state index contributed by atoms with van der Waals surface area (Å²) in [5.41, 5.74) is 3.17. The molecule has 234 valence electrons. The van der Waals surface area contributed by atoms with Gasteiger partial charge < -0.3 is 9.32 Å². The number of furan rings is 1. The molecule has 0 aliphatic rings. The largest absolute Gasteiger partial charge is 0.455 e. The lowest BCUT2D eigenvalue weighted by atomic mass is 9.97. The molecule has 50 heavy (non-hydrogen) atoms. The molecule has 0 unspecified atom stereocenters. The van der Waals surface area contributed by atoms with E-state index in [1.807, 2.05) is 109 Å². The fourth-order valence-electron chi connectivity index (χ4n) is 7.06. The summed E-state index contributed by atoms with van der Waals surface area (Å²) in [6, 6.07) is 38.0. The van der Waals surface area contributed by atoms with Crippen molar-refractivity contribution in [3.05, 3.63) is 188 Å². The highest BCUT2D eigenvalue weighted by Crippen LogP contribution is 2.42. The zero-order chi connectivity index (χ0) is 40.9. The summed E-state index contributed by atoms with van der Waals surface area (Å²) in [6.45, 7) is 0. The molecule has 0 N–H and O–H groups in total. The Morgan fingerprint density at radius 1 is 0.420 bits per heavy atom. The van der Waals surface area contributed by atoms with E-state index in [1.165, 1.54) is 4.90 Å². The summed E-state index contributed by atoms with van der Waals surface area (Å²) in [5, 5.41) is 7.74. The molecule has 2 nitrogen and oxygen atoms in total. The molecule has 0 aliphatic carbocycles. The number of para-hydroxylation sites is 1. The van der Waals surface area contributed by atoms with E-state index in [4.69, 9.17) is 11.3 Å². The van der Waals surface area contributed by atoms with Crippen molar-refractivity contribution in [1.29, 1.82) is 0 Å². The van der Waals surface area contributed by atoms with Gasteiger partial charge in [-0.1, -0.05) is 133 Å². The Labute approximate surface area is 302 Å². The monoisotopic (exact) mass is 646 g/mol. The van der Waals surface area contributed by atoms with Gasteiger partial charge in [0.25, 0.3) is 0 Å². The SMILES string of the molecule is [2H]c1c([2H])c([2H])c(N(c2cccc(-c3cccc4oc5c6ccccc6ccc5c34)c2)c2c([2H])c([2H])c(-c3ccc4c(ccc5ccccc54)c3)c([2H])c2[2H])c([2H])c1[2H]. The van der Waals surface area contributed by atoms with Crippen LogP contribution in [0.3, 0.4) is 0 Å². The van der Waals surface area contributed by atoms with Crippen LogP contribution < -0.4 is 4.90 Å². The number of benzene rings is 9. The number of hydrogen-bond acceptors (Lipinski definition) is 2. The van der Waals surface area contributed by atoms with Gasteiger partial charge in [-0.3, -0.25) is 0 Å². The number of anilines is 3. The van der Waals surface area contributed by atoms with Gasteiger partial charge in [0, 0.05) is 33.2 Å². The fraction of sp³-hybridized carbons (Fsp3) is 0. The van der Waals surface area contributed by atoms with Crippen molar-refractivity contribution in [1.82, 2.24) is 0 Å². The maximum Gasteiger partial charge on any atom is 0.143 e. The maximum atomic E-state index is 9.48. The first-order valence-electron chi connectivity index (χ1n) is 20.9. The Balaban J connectivity index is 1.20. The van der Waals surface area contributed by atoms with Crippen LogP contribution in [0.5, 0.6) is 0 Å². The number of hydrogen-bond donors (Lipinski definition) is 0. The predicted octanol–water partition coefficient (Wildman–Crippen LogP) is 13.8. The summed E-state index contributed by atoms with van der Waals surface area (Å²) in [7, 11) is 0. The standard InChI is InChI=1S/C48H31NO/c1-2-13-38(14-3-1)49(39-26-22-32(23-27-39)35-25-28-42-37(30-35)21-20-33-10-4-6-16-41(33)42)40-15-8-12-36(31-40)43-18-9-19-46-47(43)45-29-24-34-11-5-7-17-44(34)48(45)50-46/h1-31H/i1D,2D,3D,13D,14D,22D,23D,26D,27D. The van der Waals surface area contributed by atoms with Gasteiger partial charge in [-0.25, -0.2) is 0 Å². The molecule has 2 heteroatoms. The van der Waals surface area contributed by atoms with Crippen molar-refractivity contribution in [2.45, 2.75) is 0 Å². The van der Waals surface area contributed by atoms with Crippen LogP contribution in [-0.4, -0.2) is 0 Å². The summed E-state index contributed by atoms with van der Waals surface area (Å²) in [6.07, 6.45) is 0. The molecule has 0 amide bonds. The fourth-order valence-corrected chi connectivity index (χ4v) is 7.06. The second kappa shape index (κ2) is 11.5. The van der Waals surface area contributed by atoms with Crippen molar-refractivity contribution in [3.8, 4) is 22.3 Å². The van der Waals surface area contributed by atoms with Gasteiger partial charge in [0.2, 0.25) is 0 Å². The third-order valence-electron chi connectivity index (χ3n) is 9.38. The first kappa shape index (κ1) is 20.7. The summed E-state index contributed by atoms with van der Waals surface area (Å²) in [5.74, 6) is 0. The predicted molar refractivity (Wildman–Crippen MR) is 212 cm³/mol. The van der Waals surface area contributed by atoms with E-state index in [1.54, 1.807) is 24.3 Å². The van der Waals surface area contributed by atoms with Crippen molar-refractivity contribution in [3.63, 3.8) is 0 Å². The number of fused-ring (bicyclic) bond motifs is 8. The molecule has 10 aromatic rings. The smallest absolute Gasteiger partial charge is 0.143 e. The molecule has 0 atom stereocenters. The molecule has 0 bridgehead atoms. The zero-order valence-corrected chi connectivity index (χ0v) is 26.6. The van der Waals surface area contributed by atoms with Gasteiger partial charge in [-0.2, -0.15) is 0 Å². The lowest BCUT2D eigenvalue weighted by Crippen LogP contribution is -2.09. The lowest BCUT2D eigenvalue weighted by molar-refractivity contribution is 0.673. The van der Waals surface area contributed by atoms with Crippen molar-refractivity contribution in [2.24, 2.45) is 0 Å². The van der Waals surface area contributed by atoms with E-state index in [2.05, 4.69) is 0 Å². The molecule has 1 aromatic heterocycles. The Kier molecular flexibility index (Phi) is 4.76. The van der Waals surface area contributed by atoms with Gasteiger partial charge >= 0.3 is 0 Å². The van der Waals surface area contributed by atoms with Crippen LogP contribution in [0, 0.1) is 0 Å². The van der Waals surface area contributed by atoms with Gasteiger partial charge in [0.1, 0.15) is 11.2 Å². The van der Waals surface area contributed by atoms with Crippen LogP contribution in [-0.2, 0) is 0 Å². The van der Waals surface area contributed by atoms with Crippen LogP contribution in [0.15, 0.2) is 192 Å². The van der Waals surface area contributed by atoms with Crippen LogP contribution in [0.25, 0.3) is 76.5 Å². The van der Waals surface area contributed by atoms with E-state index in [9.17, 15) is 5.48 Å². The highest BCUT2D eigenvalue weighted by molar-refractivity contribution is 6.19. The third-order valence-corrected chi connectivity index (χ3v) is 9.38. The van der Waals surface area contributed by atoms with Gasteiger partial charge in [-0.05, 0) is 104 Å². The Hall–Kier alpha value is -6.64. The number of nitrogens with zero attached hydrogens (tertiary/aromatic N) is 1. The molecule has 0 saturated heterocycles. The van der Waals surface area contributed by atoms with Crippen LogP contribution in [0.4, 0.5) is 17.1 Å². The molecule has 10 rings (SSSR count). The van der Waals surface area contributed by atoms with Crippen molar-refractivity contribution >= 4 is 71.3 Å². The topological polar surface area (TPSA) is 16.4 Å². The molecule has 1 heterocycles. The van der Waals surface area contributed by atoms with Crippen molar-refractivity contribution in [2.75, 3.05) is 4.90 Å². The second-order valence-electron chi connectivity index (χ2n) is 12.2. The maximum absolute atomic E-state index is 9.48. The molecule has 0 radical (unpaired) electrons. The number of rotatable bonds is 5. The van der Waals surface area contributed by atoms with Gasteiger partial charge in [-0.15, -0.1) is 0 Å². The summed E-state index contributed by atoms with van der Waals surface area (Å²) in [4.78, 5) is 1.27. The van der Waals surface area contributed by atoms with Crippen molar-refractivity contribution < 1.29 is 16.8 Å². The van der Waals surface area contributed by atoms with Gasteiger partial charge in [0.05, 0.1) is 12.3 Å². The molecular weight excluding hydrogens is 607 g/mol. The van der Waals surface area contributed by atoms with E-state index < -0.39 is 42.3 Å². The molecule has 0 aliphatic heterocycles. The normalized spacial score (nSPS) is 14.1. The van der Waals surface area contributed by atoms with E-state index in [-0.39, 0.29) is 34.7 Å². The highest BCUT2D eigenvalue weighted by Gasteiger charge is 2.17. The molecule has 0 spiro atoms. The minimum Gasteiger partial charge on any atom is -0.455 e. The van der Waals surface area contributed by atoms with E-state index in [0.717, 1.165) is 54.2 Å². The zero-order valence-electron chi connectivity index (χ0n) is 35.6. The third kappa shape index (κ3) is 4.65. The highest BCUT2D eigenvalue weighted by atomic mass is 16.3. The molecule has 0 fully saturated rings. The van der Waals surface area contributed by atoms with Crippen LogP contribution in [0.2, 0.25) is 0 Å². The van der Waals surface area contributed by atoms with Gasteiger partial charge in [0.15, 0.2) is 0 Å². The Morgan fingerprint density at radius 3 is 1.96 bits per heavy atom. The Bertz CT molecular complexity index is 3350. The first-order chi connectivity index (χ1) is 28.5. The summed E-state index contributed by atoms with van der Waals surface area (Å²) >= 11 is 0. The molecular formula is C48H31NO. The van der Waals surface area contributed by atoms with E-state index >= 15 is 0 Å². The summed E-state index contributed by atoms with van der Waals surface area (Å²) < 4.78 is 87.7. The Morgan fingerprint density at radius 2 is 1.10 bits per heavy atom.